The smallest absolute Gasteiger partial charge is 0.243 e. The summed E-state index contributed by atoms with van der Waals surface area (Å²) >= 11 is 0. The van der Waals surface area contributed by atoms with Crippen LogP contribution in [0.5, 0.6) is 5.75 Å². The average Bonchev–Trinajstić information content (AvgIpc) is 2.41. The summed E-state index contributed by atoms with van der Waals surface area (Å²) in [6, 6.07) is 7.85. The van der Waals surface area contributed by atoms with Crippen LogP contribution < -0.4 is 10.1 Å². The van der Waals surface area contributed by atoms with Gasteiger partial charge in [-0.1, -0.05) is 12.1 Å². The highest BCUT2D eigenvalue weighted by molar-refractivity contribution is 5.31. The summed E-state index contributed by atoms with van der Waals surface area (Å²) in [7, 11) is 1.65. The van der Waals surface area contributed by atoms with Crippen molar-refractivity contribution in [2.75, 3.05) is 12.4 Å². The van der Waals surface area contributed by atoms with Crippen LogP contribution in [0.3, 0.4) is 0 Å². The van der Waals surface area contributed by atoms with Gasteiger partial charge in [-0.05, 0) is 31.5 Å². The lowest BCUT2D eigenvalue weighted by Gasteiger charge is -2.06. The highest BCUT2D eigenvalue weighted by Gasteiger charge is 2.01. The Labute approximate surface area is 106 Å². The van der Waals surface area contributed by atoms with Crippen molar-refractivity contribution in [3.8, 4) is 5.75 Å². The van der Waals surface area contributed by atoms with E-state index in [0.717, 1.165) is 22.7 Å². The minimum atomic E-state index is 0.550. The second-order valence-corrected chi connectivity index (χ2v) is 4.01. The van der Waals surface area contributed by atoms with Gasteiger partial charge in [0, 0.05) is 6.54 Å². The van der Waals surface area contributed by atoms with Crippen molar-refractivity contribution in [3.05, 3.63) is 41.2 Å². The first-order valence-electron chi connectivity index (χ1n) is 5.74. The molecule has 1 aromatic carbocycles. The van der Waals surface area contributed by atoms with E-state index in [9.17, 15) is 0 Å². The second kappa shape index (κ2) is 5.44. The Morgan fingerprint density at radius 2 is 1.78 bits per heavy atom. The van der Waals surface area contributed by atoms with Crippen LogP contribution >= 0.6 is 0 Å². The van der Waals surface area contributed by atoms with Gasteiger partial charge >= 0.3 is 0 Å². The maximum absolute atomic E-state index is 5.11. The van der Waals surface area contributed by atoms with Crippen LogP contribution in [-0.2, 0) is 6.54 Å². The average molecular weight is 244 g/mol. The van der Waals surface area contributed by atoms with Gasteiger partial charge in [-0.25, -0.2) is 4.98 Å². The van der Waals surface area contributed by atoms with Crippen molar-refractivity contribution >= 4 is 5.95 Å². The van der Waals surface area contributed by atoms with Gasteiger partial charge in [-0.3, -0.25) is 0 Å². The van der Waals surface area contributed by atoms with Crippen LogP contribution in [-0.4, -0.2) is 22.3 Å². The third kappa shape index (κ3) is 2.94. The molecule has 5 heteroatoms. The van der Waals surface area contributed by atoms with Crippen LogP contribution in [0, 0.1) is 13.8 Å². The number of benzene rings is 1. The van der Waals surface area contributed by atoms with Gasteiger partial charge in [0.15, 0.2) is 0 Å². The molecule has 0 atom stereocenters. The number of aryl methyl sites for hydroxylation is 2. The van der Waals surface area contributed by atoms with Gasteiger partial charge in [0.2, 0.25) is 5.95 Å². The van der Waals surface area contributed by atoms with Gasteiger partial charge in [-0.15, -0.1) is 5.10 Å². The molecule has 2 rings (SSSR count). The van der Waals surface area contributed by atoms with E-state index in [1.54, 1.807) is 7.11 Å². The number of hydrogen-bond donors (Lipinski definition) is 1. The Kier molecular flexibility index (Phi) is 3.72. The molecule has 0 unspecified atom stereocenters. The number of nitrogens with one attached hydrogen (secondary N) is 1. The zero-order valence-corrected chi connectivity index (χ0v) is 10.8. The quantitative estimate of drug-likeness (QED) is 0.892. The second-order valence-electron chi connectivity index (χ2n) is 4.01. The molecule has 2 aromatic rings. The maximum Gasteiger partial charge on any atom is 0.243 e. The van der Waals surface area contributed by atoms with Crippen LogP contribution in [0.25, 0.3) is 0 Å². The molecular weight excluding hydrogens is 228 g/mol. The molecule has 0 saturated carbocycles. The molecule has 0 aliphatic rings. The molecule has 0 aliphatic carbocycles. The molecule has 5 nitrogen and oxygen atoms in total. The van der Waals surface area contributed by atoms with Gasteiger partial charge in [0.1, 0.15) is 5.75 Å². The monoisotopic (exact) mass is 244 g/mol. The highest BCUT2D eigenvalue weighted by atomic mass is 16.5. The fourth-order valence-corrected chi connectivity index (χ4v) is 1.46. The molecule has 0 saturated heterocycles. The normalized spacial score (nSPS) is 10.2. The standard InChI is InChI=1S/C13H16N4O/c1-9-10(2)16-17-13(15-9)14-8-11-4-6-12(18-3)7-5-11/h4-7H,8H2,1-3H3,(H,14,15,17). The molecule has 0 amide bonds. The summed E-state index contributed by atoms with van der Waals surface area (Å²) in [6.45, 7) is 4.47. The molecule has 94 valence electrons. The fraction of sp³-hybridized carbons (Fsp3) is 0.308. The van der Waals surface area contributed by atoms with Crippen molar-refractivity contribution in [1.82, 2.24) is 15.2 Å². The third-order valence-electron chi connectivity index (χ3n) is 2.70. The van der Waals surface area contributed by atoms with Gasteiger partial charge in [-0.2, -0.15) is 5.10 Å². The number of anilines is 1. The minimum Gasteiger partial charge on any atom is -0.497 e. The Morgan fingerprint density at radius 3 is 2.39 bits per heavy atom. The summed E-state index contributed by atoms with van der Waals surface area (Å²) < 4.78 is 5.11. The summed E-state index contributed by atoms with van der Waals surface area (Å²) in [5.41, 5.74) is 2.88. The number of rotatable bonds is 4. The molecule has 1 N–H and O–H groups in total. The van der Waals surface area contributed by atoms with E-state index >= 15 is 0 Å². The van der Waals surface area contributed by atoms with Crippen LogP contribution in [0.4, 0.5) is 5.95 Å². The summed E-state index contributed by atoms with van der Waals surface area (Å²) in [5.74, 6) is 1.40. The topological polar surface area (TPSA) is 59.9 Å². The van der Waals surface area contributed by atoms with Gasteiger partial charge in [0.25, 0.3) is 0 Å². The molecule has 0 bridgehead atoms. The molecule has 18 heavy (non-hydrogen) atoms. The largest absolute Gasteiger partial charge is 0.497 e. The zero-order chi connectivity index (χ0) is 13.0. The van der Waals surface area contributed by atoms with Crippen LogP contribution in [0.15, 0.2) is 24.3 Å². The van der Waals surface area contributed by atoms with E-state index in [0.29, 0.717) is 12.5 Å². The summed E-state index contributed by atoms with van der Waals surface area (Å²) in [5, 5.41) is 11.2. The molecule has 0 aliphatic heterocycles. The zero-order valence-electron chi connectivity index (χ0n) is 10.8. The van der Waals surface area contributed by atoms with E-state index in [-0.39, 0.29) is 0 Å². The fourth-order valence-electron chi connectivity index (χ4n) is 1.46. The maximum atomic E-state index is 5.11. The van der Waals surface area contributed by atoms with E-state index in [2.05, 4.69) is 20.5 Å². The molecule has 1 aromatic heterocycles. The Hall–Kier alpha value is -2.17. The first kappa shape index (κ1) is 12.3. The SMILES string of the molecule is COc1ccc(CNc2nnc(C)c(C)n2)cc1. The predicted octanol–water partition coefficient (Wildman–Crippen LogP) is 2.11. The molecular formula is C13H16N4O. The van der Waals surface area contributed by atoms with Crippen molar-refractivity contribution in [2.24, 2.45) is 0 Å². The Morgan fingerprint density at radius 1 is 1.06 bits per heavy atom. The van der Waals surface area contributed by atoms with Gasteiger partial charge < -0.3 is 10.1 Å². The molecule has 1 heterocycles. The number of methoxy groups -OCH3 is 1. The molecule has 0 fully saturated rings. The van der Waals surface area contributed by atoms with E-state index in [1.807, 2.05) is 38.1 Å². The number of aromatic nitrogens is 3. The summed E-state index contributed by atoms with van der Waals surface area (Å²) in [6.07, 6.45) is 0. The van der Waals surface area contributed by atoms with Gasteiger partial charge in [0.05, 0.1) is 18.5 Å². The van der Waals surface area contributed by atoms with Crippen molar-refractivity contribution in [1.29, 1.82) is 0 Å². The van der Waals surface area contributed by atoms with E-state index in [4.69, 9.17) is 4.74 Å². The summed E-state index contributed by atoms with van der Waals surface area (Å²) in [4.78, 5) is 4.31. The van der Waals surface area contributed by atoms with Crippen molar-refractivity contribution < 1.29 is 4.74 Å². The minimum absolute atomic E-state index is 0.550. The lowest BCUT2D eigenvalue weighted by Crippen LogP contribution is -2.06. The van der Waals surface area contributed by atoms with Crippen molar-refractivity contribution in [3.63, 3.8) is 0 Å². The van der Waals surface area contributed by atoms with E-state index in [1.165, 1.54) is 0 Å². The number of hydrogen-bond acceptors (Lipinski definition) is 5. The first-order valence-corrected chi connectivity index (χ1v) is 5.74. The molecule has 0 radical (unpaired) electrons. The van der Waals surface area contributed by atoms with E-state index < -0.39 is 0 Å². The highest BCUT2D eigenvalue weighted by Crippen LogP contribution is 2.12. The lowest BCUT2D eigenvalue weighted by atomic mass is 10.2. The van der Waals surface area contributed by atoms with Crippen molar-refractivity contribution in [2.45, 2.75) is 20.4 Å². The molecule has 0 spiro atoms. The number of ether oxygens (including phenoxy) is 1. The number of nitrogens with zero attached hydrogens (tertiary/aromatic N) is 3. The van der Waals surface area contributed by atoms with Crippen LogP contribution in [0.2, 0.25) is 0 Å². The lowest BCUT2D eigenvalue weighted by molar-refractivity contribution is 0.414. The Bertz CT molecular complexity index is 525. The first-order chi connectivity index (χ1) is 8.69. The Balaban J connectivity index is 1.99. The van der Waals surface area contributed by atoms with Crippen LogP contribution in [0.1, 0.15) is 17.0 Å². The predicted molar refractivity (Wildman–Crippen MR) is 69.6 cm³/mol. The third-order valence-corrected chi connectivity index (χ3v) is 2.70.